The normalized spacial score (nSPS) is 11.9. The predicted molar refractivity (Wildman–Crippen MR) is 75.7 cm³/mol. The molecule has 3 nitrogen and oxygen atoms in total. The summed E-state index contributed by atoms with van der Waals surface area (Å²) >= 11 is 32.8. The van der Waals surface area contributed by atoms with E-state index >= 15 is 0 Å². The zero-order valence-corrected chi connectivity index (χ0v) is 13.4. The van der Waals surface area contributed by atoms with Crippen LogP contribution in [0.2, 0.25) is 0 Å². The van der Waals surface area contributed by atoms with E-state index in [1.54, 1.807) is 0 Å². The Morgan fingerprint density at radius 1 is 0.833 bits per heavy atom. The van der Waals surface area contributed by atoms with Crippen molar-refractivity contribution in [2.45, 2.75) is 20.4 Å². The molecule has 9 heteroatoms. The molecule has 0 unspecified atom stereocenters. The SMILES string of the molecule is C=C(CC(Cl)(Cl)Cl)OC(=O)OC(=C)CC(Cl)(Cl)Cl. The Kier molecular flexibility index (Phi) is 7.52. The Labute approximate surface area is 134 Å². The van der Waals surface area contributed by atoms with Gasteiger partial charge in [0.05, 0.1) is 12.8 Å². The lowest BCUT2D eigenvalue weighted by atomic mass is 10.4. The minimum Gasteiger partial charge on any atom is -0.400 e. The van der Waals surface area contributed by atoms with Crippen LogP contribution in [0.15, 0.2) is 24.7 Å². The first kappa shape index (κ1) is 18.5. The number of carbonyl (C=O) groups is 1. The van der Waals surface area contributed by atoms with Crippen LogP contribution >= 0.6 is 69.6 Å². The zero-order valence-electron chi connectivity index (χ0n) is 8.82. The molecule has 0 radical (unpaired) electrons. The third kappa shape index (κ3) is 11.6. The van der Waals surface area contributed by atoms with Gasteiger partial charge in [0.25, 0.3) is 0 Å². The number of hydrogen-bond donors (Lipinski definition) is 0. The van der Waals surface area contributed by atoms with Crippen molar-refractivity contribution in [1.82, 2.24) is 0 Å². The predicted octanol–water partition coefficient (Wildman–Crippen LogP) is 5.69. The van der Waals surface area contributed by atoms with Crippen LogP contribution in [0, 0.1) is 0 Å². The van der Waals surface area contributed by atoms with Crippen LogP contribution in [0.5, 0.6) is 0 Å². The first-order valence-corrected chi connectivity index (χ1v) is 6.54. The maximum absolute atomic E-state index is 11.2. The quantitative estimate of drug-likeness (QED) is 0.359. The van der Waals surface area contributed by atoms with Crippen molar-refractivity contribution in [3.63, 3.8) is 0 Å². The van der Waals surface area contributed by atoms with Crippen LogP contribution in [0.25, 0.3) is 0 Å². The van der Waals surface area contributed by atoms with Gasteiger partial charge in [-0.3, -0.25) is 0 Å². The minimum absolute atomic E-state index is 0.0818. The highest BCUT2D eigenvalue weighted by molar-refractivity contribution is 6.68. The van der Waals surface area contributed by atoms with Crippen molar-refractivity contribution in [3.8, 4) is 0 Å². The Bertz CT molecular complexity index is 309. The summed E-state index contributed by atoms with van der Waals surface area (Å²) in [6.45, 7) is 6.76. The van der Waals surface area contributed by atoms with Crippen LogP contribution < -0.4 is 0 Å². The van der Waals surface area contributed by atoms with Crippen LogP contribution in [0.3, 0.4) is 0 Å². The largest absolute Gasteiger partial charge is 0.518 e. The molecule has 0 atom stereocenters. The maximum atomic E-state index is 11.2. The summed E-state index contributed by atoms with van der Waals surface area (Å²) in [4.78, 5) is 11.2. The highest BCUT2D eigenvalue weighted by Gasteiger charge is 2.25. The molecule has 0 heterocycles. The van der Waals surface area contributed by atoms with Gasteiger partial charge in [0.2, 0.25) is 0 Å². The summed E-state index contributed by atoms with van der Waals surface area (Å²) in [6.07, 6.45) is -1.46. The van der Waals surface area contributed by atoms with Crippen molar-refractivity contribution >= 4 is 75.8 Å². The Morgan fingerprint density at radius 3 is 1.33 bits per heavy atom. The van der Waals surface area contributed by atoms with E-state index in [1.165, 1.54) is 0 Å². The molecule has 0 aromatic carbocycles. The fraction of sp³-hybridized carbons (Fsp3) is 0.444. The molecule has 0 aliphatic carbocycles. The van der Waals surface area contributed by atoms with Crippen LogP contribution in [-0.2, 0) is 9.47 Å². The molecule has 0 amide bonds. The smallest absolute Gasteiger partial charge is 0.400 e. The van der Waals surface area contributed by atoms with E-state index in [0.717, 1.165) is 0 Å². The van der Waals surface area contributed by atoms with Crippen molar-refractivity contribution in [1.29, 1.82) is 0 Å². The number of rotatable bonds is 4. The molecule has 0 aromatic heterocycles. The summed E-state index contributed by atoms with van der Waals surface area (Å²) in [5.74, 6) is -0.164. The summed E-state index contributed by atoms with van der Waals surface area (Å²) < 4.78 is 5.99. The van der Waals surface area contributed by atoms with Crippen molar-refractivity contribution < 1.29 is 14.3 Å². The Morgan fingerprint density at radius 2 is 1.11 bits per heavy atom. The molecule has 104 valence electrons. The van der Waals surface area contributed by atoms with Gasteiger partial charge in [-0.15, -0.1) is 0 Å². The molecule has 0 aromatic rings. The number of ether oxygens (including phenoxy) is 2. The van der Waals surface area contributed by atoms with Crippen LogP contribution in [0.1, 0.15) is 12.8 Å². The first-order valence-electron chi connectivity index (χ1n) is 4.28. The third-order valence-electron chi connectivity index (χ3n) is 1.25. The van der Waals surface area contributed by atoms with Gasteiger partial charge in [0.1, 0.15) is 11.5 Å². The Balaban J connectivity index is 4.13. The van der Waals surface area contributed by atoms with Gasteiger partial charge < -0.3 is 9.47 Å². The van der Waals surface area contributed by atoms with Crippen molar-refractivity contribution in [2.24, 2.45) is 0 Å². The van der Waals surface area contributed by atoms with Gasteiger partial charge in [0, 0.05) is 0 Å². The monoisotopic (exact) mass is 374 g/mol. The molecular formula is C9H8Cl6O3. The molecule has 0 saturated carbocycles. The summed E-state index contributed by atoms with van der Waals surface area (Å²) in [5.41, 5.74) is 0. The second-order valence-corrected chi connectivity index (χ2v) is 8.15. The number of alkyl halides is 6. The standard InChI is InChI=1S/C9H8Cl6O3/c1-5(3-8(10,11)12)17-7(16)18-6(2)4-9(13,14)15/h1-4H2. The summed E-state index contributed by atoms with van der Waals surface area (Å²) in [7, 11) is 0. The molecule has 0 rings (SSSR count). The highest BCUT2D eigenvalue weighted by Crippen LogP contribution is 2.34. The number of allylic oxidation sites excluding steroid dienone is 2. The average Bonchev–Trinajstić information content (AvgIpc) is 1.92. The van der Waals surface area contributed by atoms with E-state index in [4.69, 9.17) is 69.6 Å². The third-order valence-corrected chi connectivity index (χ3v) is 2.05. The van der Waals surface area contributed by atoms with E-state index in [1.807, 2.05) is 0 Å². The lowest BCUT2D eigenvalue weighted by molar-refractivity contribution is 0.0983. The molecule has 0 bridgehead atoms. The zero-order chi connectivity index (χ0) is 14.6. The minimum atomic E-state index is -1.62. The van der Waals surface area contributed by atoms with Gasteiger partial charge in [0.15, 0.2) is 7.59 Å². The van der Waals surface area contributed by atoms with E-state index in [-0.39, 0.29) is 24.4 Å². The molecular weight excluding hydrogens is 369 g/mol. The molecule has 0 aliphatic heterocycles. The average molecular weight is 377 g/mol. The lowest BCUT2D eigenvalue weighted by Gasteiger charge is -2.15. The Hall–Kier alpha value is 0.490. The van der Waals surface area contributed by atoms with E-state index in [0.29, 0.717) is 0 Å². The summed E-state index contributed by atoms with van der Waals surface area (Å²) in [5, 5.41) is 0. The summed E-state index contributed by atoms with van der Waals surface area (Å²) in [6, 6.07) is 0. The van der Waals surface area contributed by atoms with Gasteiger partial charge in [-0.2, -0.15) is 0 Å². The second kappa shape index (κ2) is 7.32. The fourth-order valence-corrected chi connectivity index (χ4v) is 1.67. The fourth-order valence-electron chi connectivity index (χ4n) is 0.776. The van der Waals surface area contributed by atoms with E-state index in [9.17, 15) is 4.79 Å². The van der Waals surface area contributed by atoms with Gasteiger partial charge in [-0.05, 0) is 0 Å². The first-order chi connectivity index (χ1) is 7.89. The number of carbonyl (C=O) groups excluding carboxylic acids is 1. The molecule has 18 heavy (non-hydrogen) atoms. The number of halogens is 6. The molecule has 0 saturated heterocycles. The second-order valence-electron chi connectivity index (χ2n) is 3.12. The van der Waals surface area contributed by atoms with E-state index < -0.39 is 13.7 Å². The highest BCUT2D eigenvalue weighted by atomic mass is 35.6. The topological polar surface area (TPSA) is 35.5 Å². The van der Waals surface area contributed by atoms with Gasteiger partial charge >= 0.3 is 6.16 Å². The number of hydrogen-bond acceptors (Lipinski definition) is 3. The van der Waals surface area contributed by atoms with Crippen LogP contribution in [0.4, 0.5) is 4.79 Å². The molecule has 0 fully saturated rings. The maximum Gasteiger partial charge on any atom is 0.518 e. The molecule has 0 spiro atoms. The van der Waals surface area contributed by atoms with Gasteiger partial charge in [-0.1, -0.05) is 82.8 Å². The van der Waals surface area contributed by atoms with Gasteiger partial charge in [-0.25, -0.2) is 4.79 Å². The van der Waals surface area contributed by atoms with Crippen molar-refractivity contribution in [2.75, 3.05) is 0 Å². The van der Waals surface area contributed by atoms with E-state index in [2.05, 4.69) is 22.6 Å². The van der Waals surface area contributed by atoms with Crippen LogP contribution in [-0.4, -0.2) is 13.7 Å². The molecule has 0 aliphatic rings. The lowest BCUT2D eigenvalue weighted by Crippen LogP contribution is -2.13. The van der Waals surface area contributed by atoms with Crippen molar-refractivity contribution in [3.05, 3.63) is 24.7 Å². The molecule has 0 N–H and O–H groups in total.